The zero-order chi connectivity index (χ0) is 33.4. The summed E-state index contributed by atoms with van der Waals surface area (Å²) in [4.78, 5) is 52.0. The number of carbonyl (C=O) groups is 4. The van der Waals surface area contributed by atoms with Gasteiger partial charge in [-0.3, -0.25) is 19.2 Å². The van der Waals surface area contributed by atoms with Crippen molar-refractivity contribution < 1.29 is 28.7 Å². The van der Waals surface area contributed by atoms with E-state index in [-0.39, 0.29) is 51.0 Å². The van der Waals surface area contributed by atoms with E-state index in [1.54, 1.807) is 18.1 Å². The third kappa shape index (κ3) is 4.62. The van der Waals surface area contributed by atoms with Crippen LogP contribution in [0.3, 0.4) is 0 Å². The summed E-state index contributed by atoms with van der Waals surface area (Å²) in [6, 6.07) is 0. The molecule has 8 nitrogen and oxygen atoms in total. The topological polar surface area (TPSA) is 102 Å². The molecule has 12 atom stereocenters. The van der Waals surface area contributed by atoms with Crippen molar-refractivity contribution in [1.29, 1.82) is 0 Å². The van der Waals surface area contributed by atoms with Crippen molar-refractivity contribution in [1.82, 2.24) is 5.01 Å². The van der Waals surface area contributed by atoms with Crippen LogP contribution in [-0.2, 0) is 28.7 Å². The van der Waals surface area contributed by atoms with Crippen LogP contribution in [0.4, 0.5) is 0 Å². The van der Waals surface area contributed by atoms with Crippen molar-refractivity contribution in [3.8, 4) is 0 Å². The molecule has 8 heteroatoms. The van der Waals surface area contributed by atoms with Gasteiger partial charge in [-0.1, -0.05) is 40.7 Å². The predicted molar refractivity (Wildman–Crippen MR) is 173 cm³/mol. The number of nitrogens with zero attached hydrogens (tertiary/aromatic N) is 2. The summed E-state index contributed by atoms with van der Waals surface area (Å²) in [5, 5.41) is 5.95. The summed E-state index contributed by atoms with van der Waals surface area (Å²) < 4.78 is 12.1. The predicted octanol–water partition coefficient (Wildman–Crippen LogP) is 6.19. The van der Waals surface area contributed by atoms with E-state index in [0.717, 1.165) is 25.7 Å². The van der Waals surface area contributed by atoms with Gasteiger partial charge >= 0.3 is 11.9 Å². The summed E-state index contributed by atoms with van der Waals surface area (Å²) in [7, 11) is 3.63. The first kappa shape index (κ1) is 33.6. The maximum absolute atomic E-state index is 14.1. The molecule has 4 fully saturated rings. The molecule has 248 valence electrons. The number of carbonyl (C=O) groups excluding carboxylic acids is 4. The Kier molecular flexibility index (Phi) is 8.35. The lowest BCUT2D eigenvalue weighted by Gasteiger charge is -2.61. The quantitative estimate of drug-likeness (QED) is 0.138. The van der Waals surface area contributed by atoms with E-state index in [1.807, 2.05) is 34.0 Å². The molecule has 0 bridgehead atoms. The van der Waals surface area contributed by atoms with Crippen molar-refractivity contribution in [2.24, 2.45) is 62.3 Å². The minimum absolute atomic E-state index is 0.0397. The van der Waals surface area contributed by atoms with Gasteiger partial charge in [-0.15, -0.1) is 0 Å². The van der Waals surface area contributed by atoms with Gasteiger partial charge in [0, 0.05) is 56.7 Å². The standard InChI is InChI=1S/C37H54N2O6/c1-20(19-38-39(10)11)21(2)32(43)33(45-26(7)41)23(4)31-29(44-25(6)40)18-35(9)30-13-12-27-22(3)28(42)14-15-36(27)24(5)37(30,36)17-16-34(31,35)8/h14-15,19,22-24,27,29-31,33H,12-13,16-18H2,1-11H3. The van der Waals surface area contributed by atoms with Crippen LogP contribution < -0.4 is 0 Å². The number of Topliss-reactive ketones (excluding diaryl/α,β-unsaturated/α-hetero) is 1. The first-order valence-electron chi connectivity index (χ1n) is 16.9. The Morgan fingerprint density at radius 2 is 1.69 bits per heavy atom. The van der Waals surface area contributed by atoms with Gasteiger partial charge in [0.25, 0.3) is 0 Å². The van der Waals surface area contributed by atoms with Crippen LogP contribution in [0.25, 0.3) is 0 Å². The molecule has 5 rings (SSSR count). The molecular formula is C37H54N2O6. The maximum atomic E-state index is 14.1. The lowest BCUT2D eigenvalue weighted by molar-refractivity contribution is -0.166. The van der Waals surface area contributed by atoms with Gasteiger partial charge in [0.1, 0.15) is 6.10 Å². The van der Waals surface area contributed by atoms with Crippen LogP contribution in [0.15, 0.2) is 28.4 Å². The highest BCUT2D eigenvalue weighted by atomic mass is 16.6. The lowest BCUT2D eigenvalue weighted by atomic mass is 9.43. The van der Waals surface area contributed by atoms with Crippen molar-refractivity contribution in [2.75, 3.05) is 14.1 Å². The molecule has 45 heavy (non-hydrogen) atoms. The molecule has 0 radical (unpaired) electrons. The number of esters is 2. The second kappa shape index (κ2) is 11.2. The summed E-state index contributed by atoms with van der Waals surface area (Å²) in [6.07, 6.45) is 9.11. The number of ketones is 2. The number of hydrogen-bond acceptors (Lipinski definition) is 8. The molecule has 4 saturated carbocycles. The molecule has 5 aliphatic carbocycles. The average molecular weight is 623 g/mol. The van der Waals surface area contributed by atoms with Gasteiger partial charge in [0.15, 0.2) is 17.7 Å². The number of hydrazone groups is 1. The average Bonchev–Trinajstić information content (AvgIpc) is 3.39. The number of fused-ring (bicyclic) bond motifs is 2. The molecule has 0 aromatic heterocycles. The SMILES string of the molecule is CC(=O)OC1CC2(C)C3CCC4C(C)C(=O)C=CC45C(C)C35CCC2(C)C1C(C)C(OC(C)=O)C(=O)C(C)=C(C)C=NN(C)C. The molecule has 0 N–H and O–H groups in total. The van der Waals surface area contributed by atoms with E-state index < -0.39 is 24.1 Å². The monoisotopic (exact) mass is 622 g/mol. The van der Waals surface area contributed by atoms with Crippen LogP contribution in [0.5, 0.6) is 0 Å². The number of rotatable bonds is 8. The maximum Gasteiger partial charge on any atom is 0.303 e. The fraction of sp³-hybridized carbons (Fsp3) is 0.757. The Morgan fingerprint density at radius 1 is 1.02 bits per heavy atom. The zero-order valence-electron chi connectivity index (χ0n) is 29.2. The lowest BCUT2D eigenvalue weighted by Crippen LogP contribution is -2.56. The molecular weight excluding hydrogens is 568 g/mol. The highest BCUT2D eigenvalue weighted by molar-refractivity contribution is 6.04. The molecule has 0 aliphatic heterocycles. The Morgan fingerprint density at radius 3 is 2.29 bits per heavy atom. The van der Waals surface area contributed by atoms with E-state index in [4.69, 9.17) is 9.47 Å². The third-order valence-electron chi connectivity index (χ3n) is 14.0. The Balaban J connectivity index is 1.56. The molecule has 0 amide bonds. The van der Waals surface area contributed by atoms with Gasteiger partial charge in [-0.05, 0) is 91.6 Å². The van der Waals surface area contributed by atoms with Crippen LogP contribution in [0.1, 0.15) is 94.4 Å². The van der Waals surface area contributed by atoms with Gasteiger partial charge in [0.05, 0.1) is 6.21 Å². The van der Waals surface area contributed by atoms with E-state index >= 15 is 0 Å². The van der Waals surface area contributed by atoms with Crippen LogP contribution in [0.2, 0.25) is 0 Å². The first-order chi connectivity index (χ1) is 20.9. The Hall–Kier alpha value is -2.77. The fourth-order valence-electron chi connectivity index (χ4n) is 11.8. The largest absolute Gasteiger partial charge is 0.462 e. The Labute approximate surface area is 269 Å². The second-order valence-corrected chi connectivity index (χ2v) is 15.8. The number of hydrogen-bond donors (Lipinski definition) is 0. The van der Waals surface area contributed by atoms with E-state index in [1.165, 1.54) is 13.8 Å². The molecule has 0 heterocycles. The van der Waals surface area contributed by atoms with E-state index in [2.05, 4.69) is 38.9 Å². The molecule has 5 aliphatic rings. The molecule has 0 aromatic rings. The van der Waals surface area contributed by atoms with E-state index in [9.17, 15) is 19.2 Å². The van der Waals surface area contributed by atoms with Crippen molar-refractivity contribution in [3.63, 3.8) is 0 Å². The highest BCUT2D eigenvalue weighted by Gasteiger charge is 2.85. The Bertz CT molecular complexity index is 1380. The normalized spacial score (nSPS) is 43.2. The zero-order valence-corrected chi connectivity index (χ0v) is 29.2. The number of ether oxygens (including phenoxy) is 2. The molecule has 0 aromatic carbocycles. The highest BCUT2D eigenvalue weighted by Crippen LogP contribution is 2.89. The molecule has 2 spiro atoms. The van der Waals surface area contributed by atoms with Crippen LogP contribution in [-0.4, -0.2) is 61.0 Å². The molecule has 0 saturated heterocycles. The van der Waals surface area contributed by atoms with Crippen molar-refractivity contribution >= 4 is 29.7 Å². The summed E-state index contributed by atoms with van der Waals surface area (Å²) in [5.74, 6) is -0.126. The molecule has 12 unspecified atom stereocenters. The number of allylic oxidation sites excluding steroid dienone is 3. The minimum atomic E-state index is -1.02. The van der Waals surface area contributed by atoms with Crippen LogP contribution in [0, 0.1) is 57.2 Å². The summed E-state index contributed by atoms with van der Waals surface area (Å²) in [5.41, 5.74) is 0.913. The van der Waals surface area contributed by atoms with Gasteiger partial charge in [-0.2, -0.15) is 5.10 Å². The fourth-order valence-corrected chi connectivity index (χ4v) is 11.8. The van der Waals surface area contributed by atoms with Crippen molar-refractivity contribution in [2.45, 2.75) is 107 Å². The third-order valence-corrected chi connectivity index (χ3v) is 14.0. The van der Waals surface area contributed by atoms with Crippen LogP contribution >= 0.6 is 0 Å². The first-order valence-corrected chi connectivity index (χ1v) is 16.9. The van der Waals surface area contributed by atoms with Gasteiger partial charge < -0.3 is 14.5 Å². The second-order valence-electron chi connectivity index (χ2n) is 15.8. The summed E-state index contributed by atoms with van der Waals surface area (Å²) >= 11 is 0. The van der Waals surface area contributed by atoms with Crippen molar-refractivity contribution in [3.05, 3.63) is 23.3 Å². The summed E-state index contributed by atoms with van der Waals surface area (Å²) in [6.45, 7) is 17.7. The van der Waals surface area contributed by atoms with E-state index in [0.29, 0.717) is 35.3 Å². The smallest absolute Gasteiger partial charge is 0.303 e. The minimum Gasteiger partial charge on any atom is -0.462 e. The van der Waals surface area contributed by atoms with Gasteiger partial charge in [0.2, 0.25) is 0 Å². The van der Waals surface area contributed by atoms with Gasteiger partial charge in [-0.25, -0.2) is 0 Å².